The summed E-state index contributed by atoms with van der Waals surface area (Å²) in [5.41, 5.74) is -0.154. The SMILES string of the molecule is CC(C)(C)OC(=O)N1CCOCC1COc1cnccc1C#N. The van der Waals surface area contributed by atoms with Crippen molar-refractivity contribution in [1.29, 1.82) is 5.26 Å². The zero-order valence-electron chi connectivity index (χ0n) is 13.6. The normalized spacial score (nSPS) is 18.2. The first-order chi connectivity index (χ1) is 10.9. The Kier molecular flexibility index (Phi) is 5.40. The molecule has 0 spiro atoms. The average molecular weight is 319 g/mol. The second-order valence-electron chi connectivity index (χ2n) is 6.20. The number of morpholine rings is 1. The summed E-state index contributed by atoms with van der Waals surface area (Å²) in [6, 6.07) is 3.36. The molecule has 0 saturated carbocycles. The van der Waals surface area contributed by atoms with Crippen LogP contribution in [0.2, 0.25) is 0 Å². The Labute approximate surface area is 135 Å². The summed E-state index contributed by atoms with van der Waals surface area (Å²) in [5, 5.41) is 9.06. The van der Waals surface area contributed by atoms with Gasteiger partial charge in [0.25, 0.3) is 0 Å². The van der Waals surface area contributed by atoms with E-state index in [0.717, 1.165) is 0 Å². The van der Waals surface area contributed by atoms with Gasteiger partial charge in [-0.25, -0.2) is 4.79 Å². The third kappa shape index (κ3) is 4.83. The molecule has 0 radical (unpaired) electrons. The predicted molar refractivity (Wildman–Crippen MR) is 82.0 cm³/mol. The number of amides is 1. The van der Waals surface area contributed by atoms with Gasteiger partial charge in [-0.3, -0.25) is 9.88 Å². The third-order valence-corrected chi connectivity index (χ3v) is 3.19. The number of aromatic nitrogens is 1. The first kappa shape index (κ1) is 17.0. The highest BCUT2D eigenvalue weighted by Crippen LogP contribution is 2.18. The molecule has 1 aromatic heterocycles. The van der Waals surface area contributed by atoms with E-state index in [4.69, 9.17) is 19.5 Å². The van der Waals surface area contributed by atoms with Crippen molar-refractivity contribution in [3.8, 4) is 11.8 Å². The van der Waals surface area contributed by atoms with Gasteiger partial charge in [-0.05, 0) is 26.8 Å². The number of rotatable bonds is 3. The van der Waals surface area contributed by atoms with Crippen molar-refractivity contribution < 1.29 is 19.0 Å². The largest absolute Gasteiger partial charge is 0.488 e. The molecule has 1 aromatic rings. The van der Waals surface area contributed by atoms with Crippen LogP contribution in [0.1, 0.15) is 26.3 Å². The zero-order chi connectivity index (χ0) is 16.9. The first-order valence-electron chi connectivity index (χ1n) is 7.45. The number of carbonyl (C=O) groups is 1. The lowest BCUT2D eigenvalue weighted by Gasteiger charge is -2.36. The number of pyridine rings is 1. The van der Waals surface area contributed by atoms with E-state index in [2.05, 4.69) is 4.98 Å². The van der Waals surface area contributed by atoms with Gasteiger partial charge in [0.2, 0.25) is 0 Å². The van der Waals surface area contributed by atoms with Crippen LogP contribution in [0.15, 0.2) is 18.5 Å². The van der Waals surface area contributed by atoms with Crippen LogP contribution in [0, 0.1) is 11.3 Å². The van der Waals surface area contributed by atoms with Crippen LogP contribution in [-0.4, -0.2) is 54.0 Å². The molecule has 1 atom stereocenters. The van der Waals surface area contributed by atoms with Crippen molar-refractivity contribution in [2.24, 2.45) is 0 Å². The molecule has 7 heteroatoms. The summed E-state index contributed by atoms with van der Waals surface area (Å²) in [6.45, 7) is 6.96. The summed E-state index contributed by atoms with van der Waals surface area (Å²) < 4.78 is 16.5. The second-order valence-corrected chi connectivity index (χ2v) is 6.20. The Morgan fingerprint density at radius 2 is 2.35 bits per heavy atom. The van der Waals surface area contributed by atoms with E-state index in [1.54, 1.807) is 11.0 Å². The van der Waals surface area contributed by atoms with Crippen LogP contribution in [0.25, 0.3) is 0 Å². The van der Waals surface area contributed by atoms with Crippen molar-refractivity contribution >= 4 is 6.09 Å². The Hall–Kier alpha value is -2.33. The van der Waals surface area contributed by atoms with Gasteiger partial charge in [0.1, 0.15) is 18.3 Å². The quantitative estimate of drug-likeness (QED) is 0.847. The lowest BCUT2D eigenvalue weighted by atomic mass is 10.2. The van der Waals surface area contributed by atoms with Crippen LogP contribution in [0.4, 0.5) is 4.79 Å². The molecule has 1 aliphatic rings. The van der Waals surface area contributed by atoms with Gasteiger partial charge in [0.15, 0.2) is 5.75 Å². The molecular weight excluding hydrogens is 298 g/mol. The van der Waals surface area contributed by atoms with Crippen LogP contribution in [0.3, 0.4) is 0 Å². The summed E-state index contributed by atoms with van der Waals surface area (Å²) in [7, 11) is 0. The van der Waals surface area contributed by atoms with Gasteiger partial charge in [-0.2, -0.15) is 5.26 Å². The molecule has 0 bridgehead atoms. The van der Waals surface area contributed by atoms with Crippen molar-refractivity contribution in [3.63, 3.8) is 0 Å². The number of nitrogens with zero attached hydrogens (tertiary/aromatic N) is 3. The third-order valence-electron chi connectivity index (χ3n) is 3.19. The van der Waals surface area contributed by atoms with Crippen LogP contribution in [0.5, 0.6) is 5.75 Å². The van der Waals surface area contributed by atoms with Gasteiger partial charge in [-0.15, -0.1) is 0 Å². The van der Waals surface area contributed by atoms with Gasteiger partial charge in [0, 0.05) is 12.7 Å². The minimum absolute atomic E-state index is 0.208. The van der Waals surface area contributed by atoms with E-state index >= 15 is 0 Å². The predicted octanol–water partition coefficient (Wildman–Crippen LogP) is 1.97. The fourth-order valence-electron chi connectivity index (χ4n) is 2.13. The van der Waals surface area contributed by atoms with Gasteiger partial charge in [-0.1, -0.05) is 0 Å². The molecule has 7 nitrogen and oxygen atoms in total. The van der Waals surface area contributed by atoms with E-state index in [0.29, 0.717) is 31.1 Å². The van der Waals surface area contributed by atoms with Crippen LogP contribution < -0.4 is 4.74 Å². The highest BCUT2D eigenvalue weighted by Gasteiger charge is 2.31. The molecule has 1 unspecified atom stereocenters. The highest BCUT2D eigenvalue weighted by molar-refractivity contribution is 5.68. The molecule has 1 fully saturated rings. The number of hydrogen-bond acceptors (Lipinski definition) is 6. The molecule has 0 aromatic carbocycles. The fourth-order valence-corrected chi connectivity index (χ4v) is 2.13. The molecule has 0 aliphatic carbocycles. The van der Waals surface area contributed by atoms with Crippen molar-refractivity contribution in [1.82, 2.24) is 9.88 Å². The maximum absolute atomic E-state index is 12.3. The molecule has 23 heavy (non-hydrogen) atoms. The van der Waals surface area contributed by atoms with E-state index in [1.165, 1.54) is 12.4 Å². The molecule has 1 amide bonds. The van der Waals surface area contributed by atoms with Crippen molar-refractivity contribution in [2.45, 2.75) is 32.4 Å². The summed E-state index contributed by atoms with van der Waals surface area (Å²) in [5.74, 6) is 0.393. The van der Waals surface area contributed by atoms with Crippen molar-refractivity contribution in [3.05, 3.63) is 24.0 Å². The van der Waals surface area contributed by atoms with E-state index in [1.807, 2.05) is 26.8 Å². The molecule has 124 valence electrons. The molecule has 2 rings (SSSR count). The minimum Gasteiger partial charge on any atom is -0.488 e. The molecule has 1 aliphatic heterocycles. The standard InChI is InChI=1S/C16H21N3O4/c1-16(2,3)23-15(20)19-6-7-21-10-13(19)11-22-14-9-18-5-4-12(14)8-17/h4-5,9,13H,6-7,10-11H2,1-3H3. The number of hydrogen-bond donors (Lipinski definition) is 0. The smallest absolute Gasteiger partial charge is 0.410 e. The van der Waals surface area contributed by atoms with Gasteiger partial charge in [0.05, 0.1) is 31.0 Å². The molecule has 2 heterocycles. The molecule has 0 N–H and O–H groups in total. The van der Waals surface area contributed by atoms with Crippen LogP contribution in [-0.2, 0) is 9.47 Å². The Morgan fingerprint density at radius 3 is 3.04 bits per heavy atom. The first-order valence-corrected chi connectivity index (χ1v) is 7.45. The Bertz CT molecular complexity index is 592. The second kappa shape index (κ2) is 7.29. The fraction of sp³-hybridized carbons (Fsp3) is 0.562. The molecular formula is C16H21N3O4. The van der Waals surface area contributed by atoms with Gasteiger partial charge >= 0.3 is 6.09 Å². The zero-order valence-corrected chi connectivity index (χ0v) is 13.6. The summed E-state index contributed by atoms with van der Waals surface area (Å²) in [4.78, 5) is 17.8. The monoisotopic (exact) mass is 319 g/mol. The molecule has 1 saturated heterocycles. The number of nitriles is 1. The summed E-state index contributed by atoms with van der Waals surface area (Å²) in [6.07, 6.45) is 2.63. The maximum Gasteiger partial charge on any atom is 0.410 e. The Balaban J connectivity index is 2.01. The minimum atomic E-state index is -0.557. The van der Waals surface area contributed by atoms with Crippen molar-refractivity contribution in [2.75, 3.05) is 26.4 Å². The number of ether oxygens (including phenoxy) is 3. The van der Waals surface area contributed by atoms with E-state index < -0.39 is 5.60 Å². The average Bonchev–Trinajstić information content (AvgIpc) is 2.51. The summed E-state index contributed by atoms with van der Waals surface area (Å²) >= 11 is 0. The lowest BCUT2D eigenvalue weighted by molar-refractivity contribution is -0.0418. The lowest BCUT2D eigenvalue weighted by Crippen LogP contribution is -2.52. The Morgan fingerprint density at radius 1 is 1.57 bits per heavy atom. The van der Waals surface area contributed by atoms with Crippen LogP contribution >= 0.6 is 0 Å². The maximum atomic E-state index is 12.3. The van der Waals surface area contributed by atoms with Gasteiger partial charge < -0.3 is 14.2 Å². The van der Waals surface area contributed by atoms with E-state index in [-0.39, 0.29) is 18.7 Å². The topological polar surface area (TPSA) is 84.7 Å². The van der Waals surface area contributed by atoms with E-state index in [9.17, 15) is 4.79 Å². The highest BCUT2D eigenvalue weighted by atomic mass is 16.6. The number of carbonyl (C=O) groups excluding carboxylic acids is 1.